The summed E-state index contributed by atoms with van der Waals surface area (Å²) in [6, 6.07) is 5.84. The van der Waals surface area contributed by atoms with Gasteiger partial charge in [0.2, 0.25) is 0 Å². The molecule has 1 aromatic carbocycles. The van der Waals surface area contributed by atoms with Gasteiger partial charge in [-0.1, -0.05) is 29.7 Å². The molecule has 0 saturated heterocycles. The van der Waals surface area contributed by atoms with Gasteiger partial charge in [-0.25, -0.2) is 0 Å². The quantitative estimate of drug-likeness (QED) is 0.712. The van der Waals surface area contributed by atoms with Crippen LogP contribution in [0.1, 0.15) is 12.5 Å². The first kappa shape index (κ1) is 9.95. The number of rotatable bonds is 2. The molecule has 0 aliphatic heterocycles. The van der Waals surface area contributed by atoms with Crippen molar-refractivity contribution < 1.29 is 0 Å². The third-order valence-corrected chi connectivity index (χ3v) is 2.32. The number of hydrogen-bond donors (Lipinski definition) is 1. The predicted octanol–water partition coefficient (Wildman–Crippen LogP) is 3.08. The van der Waals surface area contributed by atoms with Crippen molar-refractivity contribution in [3.05, 3.63) is 28.8 Å². The molecule has 0 aliphatic rings. The van der Waals surface area contributed by atoms with Crippen LogP contribution >= 0.6 is 11.6 Å². The van der Waals surface area contributed by atoms with Crippen LogP contribution in [-0.2, 0) is 0 Å². The molecule has 1 rings (SSSR count). The van der Waals surface area contributed by atoms with E-state index in [4.69, 9.17) is 18.0 Å². The highest BCUT2D eigenvalue weighted by molar-refractivity contribution is 6.34. The molecule has 1 unspecified atom stereocenters. The smallest absolute Gasteiger partial charge is 0.0846 e. The summed E-state index contributed by atoms with van der Waals surface area (Å²) in [4.78, 5) is 0. The minimum atomic E-state index is -0.000648. The van der Waals surface area contributed by atoms with Crippen LogP contribution in [0.4, 0.5) is 5.69 Å². The molecular weight excluding hydrogens is 182 g/mol. The summed E-state index contributed by atoms with van der Waals surface area (Å²) in [6.45, 7) is 3.88. The van der Waals surface area contributed by atoms with Crippen molar-refractivity contribution in [1.29, 1.82) is 0 Å². The first-order valence-electron chi connectivity index (χ1n) is 4.13. The Morgan fingerprint density at radius 3 is 2.85 bits per heavy atom. The Morgan fingerprint density at radius 1 is 1.54 bits per heavy atom. The summed E-state index contributed by atoms with van der Waals surface area (Å²) in [6.07, 6.45) is 5.25. The van der Waals surface area contributed by atoms with Gasteiger partial charge in [-0.05, 0) is 25.5 Å². The fourth-order valence-corrected chi connectivity index (χ4v) is 1.21. The van der Waals surface area contributed by atoms with Crippen LogP contribution in [0.5, 0.6) is 0 Å². The summed E-state index contributed by atoms with van der Waals surface area (Å²) in [7, 11) is 0. The summed E-state index contributed by atoms with van der Waals surface area (Å²) < 4.78 is 0. The first-order chi connectivity index (χ1) is 6.15. The van der Waals surface area contributed by atoms with Gasteiger partial charge in [-0.3, -0.25) is 0 Å². The van der Waals surface area contributed by atoms with Crippen LogP contribution in [-0.4, -0.2) is 6.04 Å². The molecule has 0 bridgehead atoms. The van der Waals surface area contributed by atoms with Crippen molar-refractivity contribution in [2.45, 2.75) is 19.9 Å². The molecule has 1 aromatic rings. The zero-order valence-electron chi connectivity index (χ0n) is 7.76. The van der Waals surface area contributed by atoms with E-state index in [2.05, 4.69) is 11.2 Å². The minimum absolute atomic E-state index is 0.000648. The van der Waals surface area contributed by atoms with Crippen LogP contribution in [0.15, 0.2) is 18.2 Å². The molecular formula is C11H12ClN. The molecule has 0 spiro atoms. The SMILES string of the molecule is C#CC(C)Nc1cccc(C)c1Cl. The number of hydrogen-bond acceptors (Lipinski definition) is 1. The van der Waals surface area contributed by atoms with E-state index in [1.807, 2.05) is 32.0 Å². The van der Waals surface area contributed by atoms with E-state index in [9.17, 15) is 0 Å². The lowest BCUT2D eigenvalue weighted by Gasteiger charge is -2.11. The van der Waals surface area contributed by atoms with Gasteiger partial charge >= 0.3 is 0 Å². The highest BCUT2D eigenvalue weighted by Gasteiger charge is 2.03. The van der Waals surface area contributed by atoms with Crippen molar-refractivity contribution >= 4 is 17.3 Å². The zero-order chi connectivity index (χ0) is 9.84. The zero-order valence-corrected chi connectivity index (χ0v) is 8.52. The molecule has 0 aromatic heterocycles. The number of anilines is 1. The van der Waals surface area contributed by atoms with Crippen molar-refractivity contribution in [2.75, 3.05) is 5.32 Å². The highest BCUT2D eigenvalue weighted by Crippen LogP contribution is 2.25. The van der Waals surface area contributed by atoms with Gasteiger partial charge in [-0.2, -0.15) is 0 Å². The van der Waals surface area contributed by atoms with Gasteiger partial charge in [0.05, 0.1) is 16.8 Å². The molecule has 1 nitrogen and oxygen atoms in total. The van der Waals surface area contributed by atoms with Crippen molar-refractivity contribution in [2.24, 2.45) is 0 Å². The topological polar surface area (TPSA) is 12.0 Å². The Balaban J connectivity index is 2.90. The fraction of sp³-hybridized carbons (Fsp3) is 0.273. The van der Waals surface area contributed by atoms with Gasteiger partial charge in [0.15, 0.2) is 0 Å². The molecule has 0 aliphatic carbocycles. The predicted molar refractivity (Wildman–Crippen MR) is 58.1 cm³/mol. The second kappa shape index (κ2) is 4.20. The van der Waals surface area contributed by atoms with Crippen LogP contribution < -0.4 is 5.32 Å². The van der Waals surface area contributed by atoms with Crippen LogP contribution in [0.2, 0.25) is 5.02 Å². The van der Waals surface area contributed by atoms with E-state index in [1.54, 1.807) is 0 Å². The number of halogens is 1. The summed E-state index contributed by atoms with van der Waals surface area (Å²) in [5.74, 6) is 2.59. The van der Waals surface area contributed by atoms with E-state index in [0.29, 0.717) is 0 Å². The standard InChI is InChI=1S/C11H12ClN/c1-4-9(3)13-10-7-5-6-8(2)11(10)12/h1,5-7,9,13H,2-3H3. The Hall–Kier alpha value is -1.13. The number of benzene rings is 1. The second-order valence-corrected chi connectivity index (χ2v) is 3.35. The number of terminal acetylenes is 1. The summed E-state index contributed by atoms with van der Waals surface area (Å²) >= 11 is 6.06. The molecule has 0 saturated carbocycles. The third-order valence-electron chi connectivity index (χ3n) is 1.81. The van der Waals surface area contributed by atoms with Crippen LogP contribution in [0.25, 0.3) is 0 Å². The highest BCUT2D eigenvalue weighted by atomic mass is 35.5. The van der Waals surface area contributed by atoms with E-state index >= 15 is 0 Å². The summed E-state index contributed by atoms with van der Waals surface area (Å²) in [5.41, 5.74) is 1.95. The lowest BCUT2D eigenvalue weighted by molar-refractivity contribution is 1.03. The normalized spacial score (nSPS) is 11.8. The average Bonchev–Trinajstić information content (AvgIpc) is 2.13. The van der Waals surface area contributed by atoms with Gasteiger partial charge in [-0.15, -0.1) is 6.42 Å². The Bertz CT molecular complexity index is 338. The van der Waals surface area contributed by atoms with E-state index in [1.165, 1.54) is 0 Å². The van der Waals surface area contributed by atoms with Gasteiger partial charge in [0.25, 0.3) is 0 Å². The average molecular weight is 194 g/mol. The molecule has 0 heterocycles. The Labute approximate surface area is 84.1 Å². The maximum Gasteiger partial charge on any atom is 0.0846 e. The Morgan fingerprint density at radius 2 is 2.23 bits per heavy atom. The van der Waals surface area contributed by atoms with Crippen molar-refractivity contribution in [1.82, 2.24) is 0 Å². The molecule has 0 radical (unpaired) electrons. The molecule has 0 amide bonds. The lowest BCUT2D eigenvalue weighted by Crippen LogP contribution is -2.12. The fourth-order valence-electron chi connectivity index (χ4n) is 1.03. The van der Waals surface area contributed by atoms with E-state index in [0.717, 1.165) is 16.3 Å². The Kier molecular flexibility index (Phi) is 3.22. The van der Waals surface area contributed by atoms with Crippen molar-refractivity contribution in [3.63, 3.8) is 0 Å². The van der Waals surface area contributed by atoms with Crippen molar-refractivity contribution in [3.8, 4) is 12.3 Å². The van der Waals surface area contributed by atoms with Crippen LogP contribution in [0, 0.1) is 19.3 Å². The minimum Gasteiger partial charge on any atom is -0.371 e. The van der Waals surface area contributed by atoms with Gasteiger partial charge < -0.3 is 5.32 Å². The lowest BCUT2D eigenvalue weighted by atomic mass is 10.2. The number of nitrogens with one attached hydrogen (secondary N) is 1. The van der Waals surface area contributed by atoms with Crippen LogP contribution in [0.3, 0.4) is 0 Å². The monoisotopic (exact) mass is 193 g/mol. The molecule has 68 valence electrons. The molecule has 1 N–H and O–H groups in total. The third kappa shape index (κ3) is 2.40. The molecule has 13 heavy (non-hydrogen) atoms. The van der Waals surface area contributed by atoms with Gasteiger partial charge in [0, 0.05) is 0 Å². The second-order valence-electron chi connectivity index (χ2n) is 2.97. The summed E-state index contributed by atoms with van der Waals surface area (Å²) in [5, 5.41) is 3.87. The van der Waals surface area contributed by atoms with E-state index < -0.39 is 0 Å². The molecule has 1 atom stereocenters. The van der Waals surface area contributed by atoms with Gasteiger partial charge in [0.1, 0.15) is 0 Å². The number of aryl methyl sites for hydroxylation is 1. The maximum atomic E-state index is 6.06. The van der Waals surface area contributed by atoms with E-state index in [-0.39, 0.29) is 6.04 Å². The molecule has 2 heteroatoms. The first-order valence-corrected chi connectivity index (χ1v) is 4.50. The molecule has 0 fully saturated rings. The maximum absolute atomic E-state index is 6.06. The largest absolute Gasteiger partial charge is 0.371 e.